The Kier molecular flexibility index (Phi) is 62.3. The summed E-state index contributed by atoms with van der Waals surface area (Å²) < 4.78 is 16.9. The van der Waals surface area contributed by atoms with Gasteiger partial charge in [0, 0.05) is 19.3 Å². The Morgan fingerprint density at radius 2 is 0.506 bits per heavy atom. The molecule has 0 heterocycles. The topological polar surface area (TPSA) is 78.9 Å². The molecule has 0 aliphatic rings. The molecule has 0 saturated carbocycles. The van der Waals surface area contributed by atoms with Gasteiger partial charge in [0.2, 0.25) is 0 Å². The average Bonchev–Trinajstić information content (AvgIpc) is 3.45. The minimum absolute atomic E-state index is 0.105. The molecule has 0 fully saturated rings. The van der Waals surface area contributed by atoms with E-state index in [1.165, 1.54) is 122 Å². The number of allylic oxidation sites excluding steroid dienone is 22. The minimum Gasteiger partial charge on any atom is -0.462 e. The number of ether oxygens (including phenoxy) is 3. The summed E-state index contributed by atoms with van der Waals surface area (Å²) in [5, 5.41) is 0. The third-order valence-electron chi connectivity index (χ3n) is 13.6. The highest BCUT2D eigenvalue weighted by atomic mass is 16.6. The largest absolute Gasteiger partial charge is 0.462 e. The maximum Gasteiger partial charge on any atom is 0.306 e. The van der Waals surface area contributed by atoms with E-state index in [0.29, 0.717) is 19.3 Å². The Balaban J connectivity index is 4.29. The van der Waals surface area contributed by atoms with Gasteiger partial charge in [0.25, 0.3) is 0 Å². The molecule has 6 heteroatoms. The number of hydrogen-bond acceptors (Lipinski definition) is 6. The second kappa shape index (κ2) is 66.1. The van der Waals surface area contributed by atoms with Crippen LogP contribution in [0.4, 0.5) is 0 Å². The first kappa shape index (κ1) is 74.5. The van der Waals surface area contributed by atoms with Crippen molar-refractivity contribution in [1.29, 1.82) is 0 Å². The van der Waals surface area contributed by atoms with Crippen molar-refractivity contribution in [3.63, 3.8) is 0 Å². The van der Waals surface area contributed by atoms with E-state index >= 15 is 0 Å². The van der Waals surface area contributed by atoms with Crippen LogP contribution in [0.2, 0.25) is 0 Å². The van der Waals surface area contributed by atoms with Gasteiger partial charge in [0.1, 0.15) is 13.2 Å². The summed E-state index contributed by atoms with van der Waals surface area (Å²) in [5.41, 5.74) is 0. The fourth-order valence-corrected chi connectivity index (χ4v) is 8.79. The number of esters is 3. The Bertz CT molecular complexity index is 1680. The smallest absolute Gasteiger partial charge is 0.306 e. The Hall–Kier alpha value is -4.45. The molecular formula is C73H120O6. The molecule has 0 spiro atoms. The zero-order valence-corrected chi connectivity index (χ0v) is 51.3. The molecule has 0 aromatic heterocycles. The zero-order chi connectivity index (χ0) is 57.1. The van der Waals surface area contributed by atoms with Gasteiger partial charge in [-0.3, -0.25) is 14.4 Å². The van der Waals surface area contributed by atoms with E-state index in [-0.39, 0.29) is 37.5 Å². The van der Waals surface area contributed by atoms with E-state index in [1.807, 2.05) is 0 Å². The third kappa shape index (κ3) is 64.3. The highest BCUT2D eigenvalue weighted by Crippen LogP contribution is 2.16. The molecule has 0 radical (unpaired) electrons. The Morgan fingerprint density at radius 1 is 0.266 bits per heavy atom. The molecule has 1 atom stereocenters. The molecule has 0 aliphatic heterocycles. The Morgan fingerprint density at radius 3 is 0.823 bits per heavy atom. The van der Waals surface area contributed by atoms with Crippen LogP contribution >= 0.6 is 0 Å². The highest BCUT2D eigenvalue weighted by Gasteiger charge is 2.19. The second-order valence-corrected chi connectivity index (χ2v) is 21.3. The van der Waals surface area contributed by atoms with Crippen molar-refractivity contribution < 1.29 is 28.6 Å². The molecule has 0 rings (SSSR count). The number of carbonyl (C=O) groups is 3. The van der Waals surface area contributed by atoms with Gasteiger partial charge < -0.3 is 14.2 Å². The van der Waals surface area contributed by atoms with Crippen molar-refractivity contribution in [3.8, 4) is 0 Å². The van der Waals surface area contributed by atoms with Gasteiger partial charge in [0.15, 0.2) is 6.10 Å². The van der Waals surface area contributed by atoms with Gasteiger partial charge in [0.05, 0.1) is 0 Å². The van der Waals surface area contributed by atoms with Crippen molar-refractivity contribution in [2.75, 3.05) is 13.2 Å². The lowest BCUT2D eigenvalue weighted by Crippen LogP contribution is -2.30. The van der Waals surface area contributed by atoms with Gasteiger partial charge >= 0.3 is 17.9 Å². The van der Waals surface area contributed by atoms with Crippen molar-refractivity contribution >= 4 is 17.9 Å². The number of rotatable bonds is 58. The number of hydrogen-bond donors (Lipinski definition) is 0. The predicted molar refractivity (Wildman–Crippen MR) is 343 cm³/mol. The average molecular weight is 1090 g/mol. The van der Waals surface area contributed by atoms with Gasteiger partial charge in [-0.1, -0.05) is 276 Å². The van der Waals surface area contributed by atoms with Gasteiger partial charge in [-0.15, -0.1) is 0 Å². The minimum atomic E-state index is -0.815. The summed E-state index contributed by atoms with van der Waals surface area (Å²) in [6.45, 7) is 6.35. The summed E-state index contributed by atoms with van der Waals surface area (Å²) in [4.78, 5) is 38.3. The molecule has 0 aliphatic carbocycles. The molecule has 79 heavy (non-hydrogen) atoms. The van der Waals surface area contributed by atoms with Crippen molar-refractivity contribution in [2.24, 2.45) is 0 Å². The molecule has 1 unspecified atom stereocenters. The summed E-state index contributed by atoms with van der Waals surface area (Å²) in [5.74, 6) is -0.970. The van der Waals surface area contributed by atoms with E-state index in [4.69, 9.17) is 14.2 Å². The van der Waals surface area contributed by atoms with E-state index in [0.717, 1.165) is 122 Å². The van der Waals surface area contributed by atoms with Crippen LogP contribution in [0.1, 0.15) is 290 Å². The molecule has 0 bridgehead atoms. The lowest BCUT2D eigenvalue weighted by atomic mass is 10.0. The maximum absolute atomic E-state index is 12.9. The molecular weight excluding hydrogens is 973 g/mol. The molecule has 0 amide bonds. The summed E-state index contributed by atoms with van der Waals surface area (Å²) in [6.07, 6.45) is 93.3. The SMILES string of the molecule is CC/C=C\C/C=C\C/C=C\C/C=C\C/C=C\CCCCCCCCCCCCCCCCCC(=O)OCC(COC(=O)CCCCCCC/C=C\CCCCCC)OC(=O)CCC/C=C\C/C=C\C/C=C\C/C=C\C/C=C\CC. The first-order valence-electron chi connectivity index (χ1n) is 32.7. The van der Waals surface area contributed by atoms with E-state index in [2.05, 4.69) is 154 Å². The predicted octanol–water partition coefficient (Wildman–Crippen LogP) is 22.5. The van der Waals surface area contributed by atoms with Crippen LogP contribution in [0.15, 0.2) is 134 Å². The monoisotopic (exact) mass is 1090 g/mol. The van der Waals surface area contributed by atoms with Crippen LogP contribution in [-0.2, 0) is 28.6 Å². The molecule has 448 valence electrons. The zero-order valence-electron chi connectivity index (χ0n) is 51.3. The van der Waals surface area contributed by atoms with Gasteiger partial charge in [-0.25, -0.2) is 0 Å². The second-order valence-electron chi connectivity index (χ2n) is 21.3. The van der Waals surface area contributed by atoms with Gasteiger partial charge in [-0.05, 0) is 128 Å². The fourth-order valence-electron chi connectivity index (χ4n) is 8.79. The first-order valence-corrected chi connectivity index (χ1v) is 32.7. The van der Waals surface area contributed by atoms with Crippen molar-refractivity contribution in [2.45, 2.75) is 297 Å². The maximum atomic E-state index is 12.9. The van der Waals surface area contributed by atoms with Crippen molar-refractivity contribution in [3.05, 3.63) is 134 Å². The van der Waals surface area contributed by atoms with Crippen LogP contribution < -0.4 is 0 Å². The first-order chi connectivity index (χ1) is 39.0. The molecule has 0 aromatic carbocycles. The molecule has 0 N–H and O–H groups in total. The lowest BCUT2D eigenvalue weighted by molar-refractivity contribution is -0.167. The number of unbranched alkanes of at least 4 members (excludes halogenated alkanes) is 25. The van der Waals surface area contributed by atoms with Crippen LogP contribution in [0.25, 0.3) is 0 Å². The number of carbonyl (C=O) groups excluding carboxylic acids is 3. The fraction of sp³-hybridized carbons (Fsp3) is 0.658. The molecule has 0 aromatic rings. The third-order valence-corrected chi connectivity index (χ3v) is 13.6. The van der Waals surface area contributed by atoms with E-state index < -0.39 is 6.10 Å². The van der Waals surface area contributed by atoms with E-state index in [1.54, 1.807) is 0 Å². The molecule has 0 saturated heterocycles. The van der Waals surface area contributed by atoms with Crippen LogP contribution in [0.3, 0.4) is 0 Å². The van der Waals surface area contributed by atoms with Crippen LogP contribution in [-0.4, -0.2) is 37.2 Å². The standard InChI is InChI=1S/C73H120O6/c1-4-7-10-13-16-19-22-25-27-29-30-31-32-33-34-35-36-37-38-39-40-41-42-44-45-48-51-54-57-60-63-66-72(75)78-69-70(68-77-71(74)65-62-59-56-53-50-47-24-21-18-15-12-9-6-3)79-73(76)67-64-61-58-55-52-49-46-43-28-26-23-20-17-14-11-8-5-2/h7-8,10-11,16-17,19-21,24-28,30-31,33-34,46,49,55,58,70H,4-6,9,12-15,18,22-23,29,32,35-45,47-48,50-54,56-57,59-69H2,1-3H3/b10-7-,11-8-,19-16-,20-17-,24-21-,27-25-,28-26-,31-30-,34-33-,49-46-,58-55-. The summed E-state index contributed by atoms with van der Waals surface area (Å²) in [6, 6.07) is 0. The lowest BCUT2D eigenvalue weighted by Gasteiger charge is -2.18. The van der Waals surface area contributed by atoms with Crippen LogP contribution in [0, 0.1) is 0 Å². The van der Waals surface area contributed by atoms with Gasteiger partial charge in [-0.2, -0.15) is 0 Å². The van der Waals surface area contributed by atoms with E-state index in [9.17, 15) is 14.4 Å². The van der Waals surface area contributed by atoms with Crippen LogP contribution in [0.5, 0.6) is 0 Å². The normalized spacial score (nSPS) is 13.0. The molecule has 6 nitrogen and oxygen atoms in total. The van der Waals surface area contributed by atoms with Crippen molar-refractivity contribution in [1.82, 2.24) is 0 Å². The summed E-state index contributed by atoms with van der Waals surface area (Å²) in [7, 11) is 0. The highest BCUT2D eigenvalue weighted by molar-refractivity contribution is 5.71. The quantitative estimate of drug-likeness (QED) is 0.0261. The summed E-state index contributed by atoms with van der Waals surface area (Å²) >= 11 is 0. The Labute approximate surface area is 487 Å².